The Kier molecular flexibility index (Phi) is 9.13. The van der Waals surface area contributed by atoms with Crippen molar-refractivity contribution in [2.75, 3.05) is 26.7 Å². The molecule has 0 fully saturated rings. The van der Waals surface area contributed by atoms with Gasteiger partial charge in [-0.25, -0.2) is 9.38 Å². The summed E-state index contributed by atoms with van der Waals surface area (Å²) in [6.45, 7) is 4.33. The summed E-state index contributed by atoms with van der Waals surface area (Å²) in [6, 6.07) is 7.76. The first kappa shape index (κ1) is 20.2. The molecule has 1 N–H and O–H groups in total. The van der Waals surface area contributed by atoms with E-state index >= 15 is 0 Å². The molecule has 0 saturated carbocycles. The maximum absolute atomic E-state index is 12.8. The lowest BCUT2D eigenvalue weighted by molar-refractivity contribution is 0.281. The third kappa shape index (κ3) is 6.73. The first-order valence-electron chi connectivity index (χ1n) is 7.46. The van der Waals surface area contributed by atoms with Gasteiger partial charge in [0, 0.05) is 19.7 Å². The number of hydrogen-bond acceptors (Lipinski definition) is 4. The number of rotatable bonds is 7. The van der Waals surface area contributed by atoms with E-state index in [2.05, 4.69) is 15.5 Å². The highest BCUT2D eigenvalue weighted by molar-refractivity contribution is 14.0. The van der Waals surface area contributed by atoms with Gasteiger partial charge < -0.3 is 19.5 Å². The van der Waals surface area contributed by atoms with Crippen molar-refractivity contribution < 1.29 is 13.7 Å². The van der Waals surface area contributed by atoms with E-state index in [1.54, 1.807) is 18.2 Å². The Morgan fingerprint density at radius 1 is 1.33 bits per heavy atom. The second-order valence-electron chi connectivity index (χ2n) is 4.88. The van der Waals surface area contributed by atoms with E-state index in [-0.39, 0.29) is 29.8 Å². The normalized spacial score (nSPS) is 10.9. The number of nitrogens with one attached hydrogen (secondary N) is 1. The van der Waals surface area contributed by atoms with Crippen LogP contribution in [0.2, 0.25) is 0 Å². The Hall–Kier alpha value is -1.84. The van der Waals surface area contributed by atoms with E-state index in [1.165, 1.54) is 18.4 Å². The lowest BCUT2D eigenvalue weighted by Gasteiger charge is -2.22. The Morgan fingerprint density at radius 2 is 2.08 bits per heavy atom. The molecular weight excluding hydrogens is 426 g/mol. The topological polar surface area (TPSA) is 62.9 Å². The summed E-state index contributed by atoms with van der Waals surface area (Å²) in [4.78, 5) is 6.46. The van der Waals surface area contributed by atoms with Crippen LogP contribution < -0.4 is 10.1 Å². The highest BCUT2D eigenvalue weighted by atomic mass is 127. The molecule has 2 aromatic rings. The van der Waals surface area contributed by atoms with Crippen LogP contribution in [0.1, 0.15) is 12.6 Å². The zero-order valence-electron chi connectivity index (χ0n) is 13.7. The molecule has 24 heavy (non-hydrogen) atoms. The van der Waals surface area contributed by atoms with Crippen LogP contribution in [-0.4, -0.2) is 42.8 Å². The standard InChI is InChI=1S/C16H21FN4O2.HI/c1-3-18-16(19-12-14-8-10-23-20-14)21(2)9-11-22-15-6-4-13(17)5-7-15;/h4-8,10H,3,9,11-12H2,1-2H3,(H,18,19);1H. The minimum Gasteiger partial charge on any atom is -0.492 e. The molecule has 2 rings (SSSR count). The molecule has 8 heteroatoms. The highest BCUT2D eigenvalue weighted by Gasteiger charge is 2.06. The zero-order chi connectivity index (χ0) is 16.5. The molecule has 0 aliphatic heterocycles. The van der Waals surface area contributed by atoms with Crippen LogP contribution in [0, 0.1) is 5.82 Å². The van der Waals surface area contributed by atoms with Gasteiger partial charge in [-0.05, 0) is 31.2 Å². The maximum atomic E-state index is 12.8. The van der Waals surface area contributed by atoms with E-state index in [4.69, 9.17) is 9.26 Å². The van der Waals surface area contributed by atoms with Gasteiger partial charge in [0.1, 0.15) is 30.1 Å². The number of halogens is 2. The SMILES string of the molecule is CCNC(=NCc1ccon1)N(C)CCOc1ccc(F)cc1.I. The summed E-state index contributed by atoms with van der Waals surface area (Å²) in [6.07, 6.45) is 1.53. The Bertz CT molecular complexity index is 605. The molecule has 0 aliphatic rings. The Balaban J connectivity index is 0.00000288. The summed E-state index contributed by atoms with van der Waals surface area (Å²) in [5, 5.41) is 7.05. The van der Waals surface area contributed by atoms with Crippen molar-refractivity contribution in [1.29, 1.82) is 0 Å². The maximum Gasteiger partial charge on any atom is 0.194 e. The average molecular weight is 448 g/mol. The van der Waals surface area contributed by atoms with E-state index in [1.807, 2.05) is 18.9 Å². The molecule has 0 amide bonds. The molecule has 1 aromatic carbocycles. The van der Waals surface area contributed by atoms with Gasteiger partial charge in [-0.2, -0.15) is 0 Å². The summed E-state index contributed by atoms with van der Waals surface area (Å²) in [5.41, 5.74) is 0.774. The smallest absolute Gasteiger partial charge is 0.194 e. The molecule has 0 saturated heterocycles. The van der Waals surface area contributed by atoms with Gasteiger partial charge >= 0.3 is 0 Å². The van der Waals surface area contributed by atoms with Gasteiger partial charge in [0.25, 0.3) is 0 Å². The van der Waals surface area contributed by atoms with Gasteiger partial charge in [-0.1, -0.05) is 5.16 Å². The van der Waals surface area contributed by atoms with Crippen molar-refractivity contribution in [3.63, 3.8) is 0 Å². The molecule has 1 heterocycles. The van der Waals surface area contributed by atoms with Gasteiger partial charge in [0.15, 0.2) is 5.96 Å². The molecule has 132 valence electrons. The van der Waals surface area contributed by atoms with E-state index in [9.17, 15) is 4.39 Å². The summed E-state index contributed by atoms with van der Waals surface area (Å²) >= 11 is 0. The number of benzene rings is 1. The number of aromatic nitrogens is 1. The predicted octanol–water partition coefficient (Wildman–Crippen LogP) is 2.91. The van der Waals surface area contributed by atoms with E-state index in [0.717, 1.165) is 18.2 Å². The summed E-state index contributed by atoms with van der Waals surface area (Å²) in [5.74, 6) is 1.13. The van der Waals surface area contributed by atoms with E-state index in [0.29, 0.717) is 25.4 Å². The molecular formula is C16H22FIN4O2. The molecule has 0 bridgehead atoms. The monoisotopic (exact) mass is 448 g/mol. The van der Waals surface area contributed by atoms with Crippen molar-refractivity contribution >= 4 is 29.9 Å². The molecule has 1 aromatic heterocycles. The zero-order valence-corrected chi connectivity index (χ0v) is 16.1. The van der Waals surface area contributed by atoms with Crippen molar-refractivity contribution in [2.24, 2.45) is 4.99 Å². The summed E-state index contributed by atoms with van der Waals surface area (Å²) in [7, 11) is 1.93. The summed E-state index contributed by atoms with van der Waals surface area (Å²) < 4.78 is 23.2. The van der Waals surface area contributed by atoms with Gasteiger partial charge in [0.05, 0.1) is 13.1 Å². The van der Waals surface area contributed by atoms with Crippen LogP contribution in [0.25, 0.3) is 0 Å². The number of hydrogen-bond donors (Lipinski definition) is 1. The minimum absolute atomic E-state index is 0. The second-order valence-corrected chi connectivity index (χ2v) is 4.88. The number of likely N-dealkylation sites (N-methyl/N-ethyl adjacent to an activating group) is 1. The van der Waals surface area contributed by atoms with Crippen molar-refractivity contribution in [2.45, 2.75) is 13.5 Å². The third-order valence-electron chi connectivity index (χ3n) is 3.09. The predicted molar refractivity (Wildman–Crippen MR) is 101 cm³/mol. The number of aliphatic imine (C=N–C) groups is 1. The fourth-order valence-electron chi connectivity index (χ4n) is 1.88. The highest BCUT2D eigenvalue weighted by Crippen LogP contribution is 2.10. The second kappa shape index (κ2) is 10.8. The van der Waals surface area contributed by atoms with Crippen molar-refractivity contribution in [3.8, 4) is 5.75 Å². The number of guanidine groups is 1. The molecule has 0 unspecified atom stereocenters. The fourth-order valence-corrected chi connectivity index (χ4v) is 1.88. The van der Waals surface area contributed by atoms with Crippen LogP contribution in [0.4, 0.5) is 4.39 Å². The van der Waals surface area contributed by atoms with E-state index < -0.39 is 0 Å². The van der Waals surface area contributed by atoms with Crippen molar-refractivity contribution in [3.05, 3.63) is 48.1 Å². The van der Waals surface area contributed by atoms with Gasteiger partial charge in [0.2, 0.25) is 0 Å². The van der Waals surface area contributed by atoms with Crippen LogP contribution in [0.15, 0.2) is 46.1 Å². The van der Waals surface area contributed by atoms with Crippen LogP contribution in [0.5, 0.6) is 5.75 Å². The van der Waals surface area contributed by atoms with Crippen LogP contribution in [0.3, 0.4) is 0 Å². The van der Waals surface area contributed by atoms with Gasteiger partial charge in [-0.15, -0.1) is 24.0 Å². The minimum atomic E-state index is -0.274. The quantitative estimate of drug-likeness (QED) is 0.401. The molecule has 0 atom stereocenters. The lowest BCUT2D eigenvalue weighted by Crippen LogP contribution is -2.40. The first-order valence-corrected chi connectivity index (χ1v) is 7.46. The Labute approximate surface area is 158 Å². The average Bonchev–Trinajstić information content (AvgIpc) is 3.06. The fraction of sp³-hybridized carbons (Fsp3) is 0.375. The Morgan fingerprint density at radius 3 is 2.71 bits per heavy atom. The largest absolute Gasteiger partial charge is 0.492 e. The van der Waals surface area contributed by atoms with Crippen LogP contribution >= 0.6 is 24.0 Å². The van der Waals surface area contributed by atoms with Crippen LogP contribution in [-0.2, 0) is 6.54 Å². The molecule has 0 radical (unpaired) electrons. The van der Waals surface area contributed by atoms with Crippen molar-refractivity contribution in [1.82, 2.24) is 15.4 Å². The molecule has 6 nitrogen and oxygen atoms in total. The first-order chi connectivity index (χ1) is 11.2. The molecule has 0 spiro atoms. The third-order valence-corrected chi connectivity index (χ3v) is 3.09. The molecule has 0 aliphatic carbocycles. The number of ether oxygens (including phenoxy) is 1. The lowest BCUT2D eigenvalue weighted by atomic mass is 10.3. The van der Waals surface area contributed by atoms with Gasteiger partial charge in [-0.3, -0.25) is 0 Å². The number of nitrogens with zero attached hydrogens (tertiary/aromatic N) is 3.